The van der Waals surface area contributed by atoms with Gasteiger partial charge in [-0.05, 0) is 26.3 Å². The van der Waals surface area contributed by atoms with E-state index in [1.165, 1.54) is 0 Å². The first-order chi connectivity index (χ1) is 6.33. The van der Waals surface area contributed by atoms with Crippen molar-refractivity contribution in [2.45, 2.75) is 25.9 Å². The Morgan fingerprint density at radius 2 is 2.46 bits per heavy atom. The highest BCUT2D eigenvalue weighted by Crippen LogP contribution is 2.05. The number of hydrogen-bond acceptors (Lipinski definition) is 4. The van der Waals surface area contributed by atoms with Gasteiger partial charge in [-0.1, -0.05) is 0 Å². The Balaban J connectivity index is 2.06. The van der Waals surface area contributed by atoms with Gasteiger partial charge in [0.15, 0.2) is 0 Å². The van der Waals surface area contributed by atoms with E-state index in [4.69, 9.17) is 9.47 Å². The molecule has 1 N–H and O–H groups in total. The average Bonchev–Trinajstić information content (AvgIpc) is 2.17. The van der Waals surface area contributed by atoms with E-state index in [0.29, 0.717) is 6.61 Å². The van der Waals surface area contributed by atoms with Gasteiger partial charge < -0.3 is 14.8 Å². The quantitative estimate of drug-likeness (QED) is 0.644. The van der Waals surface area contributed by atoms with E-state index in [1.54, 1.807) is 6.92 Å². The van der Waals surface area contributed by atoms with E-state index in [1.807, 2.05) is 0 Å². The topological polar surface area (TPSA) is 47.6 Å². The SMILES string of the molecule is CCOC(=O)COC1CCCNC1. The molecule has 1 saturated heterocycles. The van der Waals surface area contributed by atoms with Crippen LogP contribution in [0, 0.1) is 0 Å². The minimum absolute atomic E-state index is 0.0835. The first kappa shape index (κ1) is 10.5. The molecule has 0 saturated carbocycles. The van der Waals surface area contributed by atoms with Crippen LogP contribution in [0.3, 0.4) is 0 Å². The number of carbonyl (C=O) groups is 1. The van der Waals surface area contributed by atoms with Crippen molar-refractivity contribution in [2.24, 2.45) is 0 Å². The van der Waals surface area contributed by atoms with Gasteiger partial charge in [-0.25, -0.2) is 4.79 Å². The summed E-state index contributed by atoms with van der Waals surface area (Å²) in [7, 11) is 0. The van der Waals surface area contributed by atoms with Gasteiger partial charge >= 0.3 is 5.97 Å². The van der Waals surface area contributed by atoms with Crippen molar-refractivity contribution in [2.75, 3.05) is 26.3 Å². The molecule has 1 unspecified atom stereocenters. The maximum atomic E-state index is 10.9. The van der Waals surface area contributed by atoms with Gasteiger partial charge in [-0.15, -0.1) is 0 Å². The van der Waals surface area contributed by atoms with E-state index >= 15 is 0 Å². The van der Waals surface area contributed by atoms with Gasteiger partial charge in [-0.3, -0.25) is 0 Å². The molecule has 76 valence electrons. The zero-order valence-electron chi connectivity index (χ0n) is 8.04. The molecule has 0 aromatic carbocycles. The molecule has 0 amide bonds. The Kier molecular flexibility index (Phi) is 4.78. The predicted octanol–water partition coefficient (Wildman–Crippen LogP) is 0.318. The molecule has 13 heavy (non-hydrogen) atoms. The van der Waals surface area contributed by atoms with Crippen LogP contribution < -0.4 is 5.32 Å². The number of piperidine rings is 1. The van der Waals surface area contributed by atoms with Crippen LogP contribution in [-0.4, -0.2) is 38.4 Å². The van der Waals surface area contributed by atoms with Gasteiger partial charge in [0.2, 0.25) is 0 Å². The standard InChI is InChI=1S/C9H17NO3/c1-2-12-9(11)7-13-8-4-3-5-10-6-8/h8,10H,2-7H2,1H3. The number of nitrogens with one attached hydrogen (secondary N) is 1. The van der Waals surface area contributed by atoms with E-state index in [9.17, 15) is 4.79 Å². The lowest BCUT2D eigenvalue weighted by molar-refractivity contribution is -0.150. The number of carbonyl (C=O) groups excluding carboxylic acids is 1. The smallest absolute Gasteiger partial charge is 0.332 e. The Morgan fingerprint density at radius 1 is 1.62 bits per heavy atom. The molecule has 1 rings (SSSR count). The fourth-order valence-corrected chi connectivity index (χ4v) is 1.35. The fraction of sp³-hybridized carbons (Fsp3) is 0.889. The van der Waals surface area contributed by atoms with Gasteiger partial charge in [-0.2, -0.15) is 0 Å². The van der Waals surface area contributed by atoms with Gasteiger partial charge in [0.05, 0.1) is 12.7 Å². The van der Waals surface area contributed by atoms with Crippen LogP contribution in [0.15, 0.2) is 0 Å². The van der Waals surface area contributed by atoms with Crippen molar-refractivity contribution in [3.63, 3.8) is 0 Å². The fourth-order valence-electron chi connectivity index (χ4n) is 1.35. The van der Waals surface area contributed by atoms with Gasteiger partial charge in [0.1, 0.15) is 6.61 Å². The third-order valence-electron chi connectivity index (χ3n) is 1.99. The van der Waals surface area contributed by atoms with Crippen LogP contribution in [-0.2, 0) is 14.3 Å². The summed E-state index contributed by atoms with van der Waals surface area (Å²) in [4.78, 5) is 10.9. The molecule has 1 fully saturated rings. The van der Waals surface area contributed by atoms with Crippen molar-refractivity contribution in [1.29, 1.82) is 0 Å². The predicted molar refractivity (Wildman–Crippen MR) is 48.5 cm³/mol. The second-order valence-electron chi connectivity index (χ2n) is 3.08. The molecular weight excluding hydrogens is 170 g/mol. The molecule has 4 nitrogen and oxygen atoms in total. The molecule has 4 heteroatoms. The molecule has 0 aromatic rings. The van der Waals surface area contributed by atoms with Crippen LogP contribution in [0.1, 0.15) is 19.8 Å². The first-order valence-electron chi connectivity index (χ1n) is 4.81. The molecule has 0 spiro atoms. The molecule has 0 bridgehead atoms. The molecule has 0 radical (unpaired) electrons. The van der Waals surface area contributed by atoms with Crippen LogP contribution in [0.25, 0.3) is 0 Å². The van der Waals surface area contributed by atoms with Gasteiger partial charge in [0.25, 0.3) is 0 Å². The number of hydrogen-bond donors (Lipinski definition) is 1. The van der Waals surface area contributed by atoms with E-state index in [2.05, 4.69) is 5.32 Å². The highest BCUT2D eigenvalue weighted by Gasteiger charge is 2.14. The Labute approximate surface area is 78.6 Å². The molecule has 0 aromatic heterocycles. The Bertz CT molecular complexity index is 155. The highest BCUT2D eigenvalue weighted by molar-refractivity contribution is 5.70. The lowest BCUT2D eigenvalue weighted by atomic mass is 10.1. The summed E-state index contributed by atoms with van der Waals surface area (Å²) < 4.78 is 10.1. The number of esters is 1. The summed E-state index contributed by atoms with van der Waals surface area (Å²) in [6.45, 7) is 4.20. The average molecular weight is 187 g/mol. The maximum Gasteiger partial charge on any atom is 0.332 e. The third kappa shape index (κ3) is 4.24. The van der Waals surface area contributed by atoms with Crippen LogP contribution >= 0.6 is 0 Å². The summed E-state index contributed by atoms with van der Waals surface area (Å²) in [5.74, 6) is -0.270. The summed E-state index contributed by atoms with van der Waals surface area (Å²) >= 11 is 0. The molecular formula is C9H17NO3. The van der Waals surface area contributed by atoms with Crippen LogP contribution in [0.4, 0.5) is 0 Å². The van der Waals surface area contributed by atoms with Crippen molar-refractivity contribution in [3.8, 4) is 0 Å². The number of ether oxygens (including phenoxy) is 2. The monoisotopic (exact) mass is 187 g/mol. The minimum Gasteiger partial charge on any atom is -0.464 e. The molecule has 1 aliphatic rings. The lowest BCUT2D eigenvalue weighted by Gasteiger charge is -2.22. The summed E-state index contributed by atoms with van der Waals surface area (Å²) in [6.07, 6.45) is 2.33. The minimum atomic E-state index is -0.270. The van der Waals surface area contributed by atoms with E-state index in [-0.39, 0.29) is 18.7 Å². The van der Waals surface area contributed by atoms with E-state index in [0.717, 1.165) is 25.9 Å². The summed E-state index contributed by atoms with van der Waals surface area (Å²) in [5.41, 5.74) is 0. The summed E-state index contributed by atoms with van der Waals surface area (Å²) in [6, 6.07) is 0. The largest absolute Gasteiger partial charge is 0.464 e. The molecule has 1 heterocycles. The second kappa shape index (κ2) is 5.94. The first-order valence-corrected chi connectivity index (χ1v) is 4.81. The third-order valence-corrected chi connectivity index (χ3v) is 1.99. The number of rotatable bonds is 4. The molecule has 1 aliphatic heterocycles. The molecule has 1 atom stereocenters. The Morgan fingerprint density at radius 3 is 3.08 bits per heavy atom. The van der Waals surface area contributed by atoms with Gasteiger partial charge in [0, 0.05) is 6.54 Å². The maximum absolute atomic E-state index is 10.9. The van der Waals surface area contributed by atoms with Crippen LogP contribution in [0.5, 0.6) is 0 Å². The molecule has 0 aliphatic carbocycles. The van der Waals surface area contributed by atoms with Crippen LogP contribution in [0.2, 0.25) is 0 Å². The van der Waals surface area contributed by atoms with E-state index < -0.39 is 0 Å². The highest BCUT2D eigenvalue weighted by atomic mass is 16.6. The Hall–Kier alpha value is -0.610. The normalized spacial score (nSPS) is 22.7. The zero-order valence-corrected chi connectivity index (χ0v) is 8.04. The zero-order chi connectivity index (χ0) is 9.52. The summed E-state index contributed by atoms with van der Waals surface area (Å²) in [5, 5.41) is 3.21. The lowest BCUT2D eigenvalue weighted by Crippen LogP contribution is -2.36. The second-order valence-corrected chi connectivity index (χ2v) is 3.08. The van der Waals surface area contributed by atoms with Crippen molar-refractivity contribution < 1.29 is 14.3 Å². The van der Waals surface area contributed by atoms with Crippen molar-refractivity contribution in [1.82, 2.24) is 5.32 Å². The van der Waals surface area contributed by atoms with Crippen molar-refractivity contribution >= 4 is 5.97 Å². The van der Waals surface area contributed by atoms with Crippen molar-refractivity contribution in [3.05, 3.63) is 0 Å².